The lowest BCUT2D eigenvalue weighted by Crippen LogP contribution is -2.40. The van der Waals surface area contributed by atoms with E-state index in [1.807, 2.05) is 17.7 Å². The van der Waals surface area contributed by atoms with Crippen LogP contribution < -0.4 is 16.6 Å². The van der Waals surface area contributed by atoms with Gasteiger partial charge in [-0.3, -0.25) is 13.9 Å². The molecule has 0 saturated heterocycles. The van der Waals surface area contributed by atoms with Crippen LogP contribution in [0.1, 0.15) is 43.0 Å². The highest BCUT2D eigenvalue weighted by Crippen LogP contribution is 2.27. The minimum Gasteiger partial charge on any atom is -0.360 e. The van der Waals surface area contributed by atoms with Crippen LogP contribution >= 0.6 is 0 Å². The molecule has 0 unspecified atom stereocenters. The summed E-state index contributed by atoms with van der Waals surface area (Å²) in [5.74, 6) is 1.76. The molecule has 0 aliphatic carbocycles. The average Bonchev–Trinajstić information content (AvgIpc) is 3.02. The summed E-state index contributed by atoms with van der Waals surface area (Å²) in [6, 6.07) is 1.71. The van der Waals surface area contributed by atoms with Gasteiger partial charge in [0.25, 0.3) is 5.56 Å². The molecule has 24 heavy (non-hydrogen) atoms. The van der Waals surface area contributed by atoms with E-state index in [4.69, 9.17) is 0 Å². The molecule has 3 heterocycles. The van der Waals surface area contributed by atoms with Gasteiger partial charge in [-0.05, 0) is 12.8 Å². The van der Waals surface area contributed by atoms with E-state index in [1.54, 1.807) is 0 Å². The third kappa shape index (κ3) is 2.40. The summed E-state index contributed by atoms with van der Waals surface area (Å²) in [6.45, 7) is 2.78. The van der Waals surface area contributed by atoms with Gasteiger partial charge in [0.05, 0.1) is 6.04 Å². The van der Waals surface area contributed by atoms with Crippen LogP contribution in [0.4, 0.5) is 5.82 Å². The van der Waals surface area contributed by atoms with Crippen molar-refractivity contribution in [2.45, 2.75) is 38.8 Å². The zero-order valence-corrected chi connectivity index (χ0v) is 13.9. The van der Waals surface area contributed by atoms with Crippen LogP contribution in [0.25, 0.3) is 0 Å². The Balaban J connectivity index is 2.08. The maximum absolute atomic E-state index is 12.2. The predicted octanol–water partition coefficient (Wildman–Crippen LogP) is 0.0566. The number of nitrogens with zero attached hydrogens (tertiary/aromatic N) is 6. The number of anilines is 1. The Bertz CT molecular complexity index is 944. The van der Waals surface area contributed by atoms with Gasteiger partial charge in [0.15, 0.2) is 11.4 Å². The monoisotopic (exact) mass is 329 g/mol. The van der Waals surface area contributed by atoms with Gasteiger partial charge in [0.2, 0.25) is 0 Å². The van der Waals surface area contributed by atoms with Crippen LogP contribution in [0.2, 0.25) is 0 Å². The molecule has 0 amide bonds. The second-order valence-electron chi connectivity index (χ2n) is 5.84. The van der Waals surface area contributed by atoms with Crippen LogP contribution in [-0.4, -0.2) is 23.9 Å². The zero-order valence-electron chi connectivity index (χ0n) is 13.9. The third-order valence-corrected chi connectivity index (χ3v) is 4.32. The van der Waals surface area contributed by atoms with E-state index >= 15 is 0 Å². The molecule has 3 rings (SSSR count). The van der Waals surface area contributed by atoms with E-state index in [0.29, 0.717) is 0 Å². The smallest absolute Gasteiger partial charge is 0.332 e. The van der Waals surface area contributed by atoms with Crippen LogP contribution in [0.15, 0.2) is 9.59 Å². The normalized spacial score (nSPS) is 16.5. The summed E-state index contributed by atoms with van der Waals surface area (Å²) < 4.78 is 4.07. The molecule has 0 aromatic carbocycles. The Kier molecular flexibility index (Phi) is 3.97. The summed E-state index contributed by atoms with van der Waals surface area (Å²) >= 11 is 0. The molecule has 2 aromatic heterocycles. The summed E-state index contributed by atoms with van der Waals surface area (Å²) in [5.41, 5.74) is -1.16. The molecular weight excluding hydrogens is 310 g/mol. The number of hydrogen-bond donors (Lipinski definition) is 1. The molecule has 1 aliphatic rings. The maximum atomic E-state index is 12.2. The van der Waals surface area contributed by atoms with Crippen molar-refractivity contribution in [1.82, 2.24) is 23.9 Å². The molecule has 1 atom stereocenters. The zero-order chi connectivity index (χ0) is 17.4. The van der Waals surface area contributed by atoms with Crippen LogP contribution in [0.5, 0.6) is 0 Å². The fourth-order valence-electron chi connectivity index (χ4n) is 2.96. The Labute approximate surface area is 138 Å². The molecule has 2 aromatic rings. The minimum absolute atomic E-state index is 0.0769. The van der Waals surface area contributed by atoms with Gasteiger partial charge in [-0.1, -0.05) is 6.92 Å². The highest BCUT2D eigenvalue weighted by atomic mass is 16.2. The highest BCUT2D eigenvalue weighted by molar-refractivity contribution is 5.52. The van der Waals surface area contributed by atoms with E-state index < -0.39 is 11.2 Å². The molecular formula is C15H19N7O2. The van der Waals surface area contributed by atoms with E-state index in [0.717, 1.165) is 42.0 Å². The maximum Gasteiger partial charge on any atom is 0.332 e. The minimum atomic E-state index is -0.602. The quantitative estimate of drug-likeness (QED) is 0.852. The average molecular weight is 329 g/mol. The molecule has 1 aliphatic heterocycles. The van der Waals surface area contributed by atoms with Crippen molar-refractivity contribution >= 4 is 5.82 Å². The molecule has 1 N–H and O–H groups in total. The number of aryl methyl sites for hydroxylation is 2. The Hall–Kier alpha value is -2.89. The number of aromatic nitrogens is 5. The number of fused-ring (bicyclic) bond motifs is 1. The first-order valence-electron chi connectivity index (χ1n) is 7.88. The molecule has 126 valence electrons. The lowest BCUT2D eigenvalue weighted by Gasteiger charge is -2.25. The van der Waals surface area contributed by atoms with Gasteiger partial charge in [-0.25, -0.2) is 14.5 Å². The Morgan fingerprint density at radius 3 is 2.75 bits per heavy atom. The van der Waals surface area contributed by atoms with Crippen molar-refractivity contribution in [3.05, 3.63) is 38.1 Å². The van der Waals surface area contributed by atoms with Crippen LogP contribution in [0, 0.1) is 11.3 Å². The number of nitrogens with one attached hydrogen (secondary N) is 1. The lowest BCUT2D eigenvalue weighted by atomic mass is 10.1. The topological polar surface area (TPSA) is 111 Å². The van der Waals surface area contributed by atoms with Gasteiger partial charge in [-0.2, -0.15) is 10.4 Å². The van der Waals surface area contributed by atoms with Crippen molar-refractivity contribution in [2.24, 2.45) is 14.1 Å². The fourth-order valence-corrected chi connectivity index (χ4v) is 2.96. The van der Waals surface area contributed by atoms with Crippen molar-refractivity contribution in [2.75, 3.05) is 5.32 Å². The second-order valence-corrected chi connectivity index (χ2v) is 5.84. The highest BCUT2D eigenvalue weighted by Gasteiger charge is 2.26. The standard InChI is InChI=1S/C15H19N7O2/c1-4-11-18-13-10(6-5-7-22(13)19-11)17-12-9(8-16)14(23)21(3)15(24)20(12)2/h10,17H,4-7H2,1-3H3/t10-/m1/s1. The van der Waals surface area contributed by atoms with Crippen molar-refractivity contribution in [1.29, 1.82) is 5.26 Å². The molecule has 9 heteroatoms. The molecule has 9 nitrogen and oxygen atoms in total. The molecule has 0 saturated carbocycles. The van der Waals surface area contributed by atoms with Gasteiger partial charge in [0, 0.05) is 27.1 Å². The first-order valence-corrected chi connectivity index (χ1v) is 7.88. The van der Waals surface area contributed by atoms with Gasteiger partial charge < -0.3 is 5.32 Å². The van der Waals surface area contributed by atoms with Crippen LogP contribution in [-0.2, 0) is 27.1 Å². The van der Waals surface area contributed by atoms with Crippen molar-refractivity contribution < 1.29 is 0 Å². The number of nitriles is 1. The Morgan fingerprint density at radius 1 is 1.33 bits per heavy atom. The largest absolute Gasteiger partial charge is 0.360 e. The van der Waals surface area contributed by atoms with E-state index in [-0.39, 0.29) is 17.4 Å². The summed E-state index contributed by atoms with van der Waals surface area (Å²) in [5, 5.41) is 17.0. The van der Waals surface area contributed by atoms with Gasteiger partial charge >= 0.3 is 5.69 Å². The molecule has 0 radical (unpaired) electrons. The predicted molar refractivity (Wildman–Crippen MR) is 86.6 cm³/mol. The van der Waals surface area contributed by atoms with E-state index in [2.05, 4.69) is 15.4 Å². The summed E-state index contributed by atoms with van der Waals surface area (Å²) in [7, 11) is 2.90. The molecule has 0 fully saturated rings. The van der Waals surface area contributed by atoms with Gasteiger partial charge in [-0.15, -0.1) is 0 Å². The molecule has 0 spiro atoms. The fraction of sp³-hybridized carbons (Fsp3) is 0.533. The first kappa shape index (κ1) is 16.0. The Morgan fingerprint density at radius 2 is 2.08 bits per heavy atom. The summed E-state index contributed by atoms with van der Waals surface area (Å²) in [4.78, 5) is 28.9. The molecule has 0 bridgehead atoms. The third-order valence-electron chi connectivity index (χ3n) is 4.32. The first-order chi connectivity index (χ1) is 11.5. The van der Waals surface area contributed by atoms with E-state index in [9.17, 15) is 14.9 Å². The SMILES string of the molecule is CCc1nc2n(n1)CCC[C@H]2Nc1c(C#N)c(=O)n(C)c(=O)n1C. The number of hydrogen-bond acceptors (Lipinski definition) is 6. The van der Waals surface area contributed by atoms with Crippen molar-refractivity contribution in [3.63, 3.8) is 0 Å². The van der Waals surface area contributed by atoms with Crippen LogP contribution in [0.3, 0.4) is 0 Å². The number of rotatable bonds is 3. The summed E-state index contributed by atoms with van der Waals surface area (Å²) in [6.07, 6.45) is 2.43. The second kappa shape index (κ2) is 5.96. The van der Waals surface area contributed by atoms with Crippen molar-refractivity contribution in [3.8, 4) is 6.07 Å². The van der Waals surface area contributed by atoms with E-state index in [1.165, 1.54) is 18.7 Å². The lowest BCUT2D eigenvalue weighted by molar-refractivity contribution is 0.435. The van der Waals surface area contributed by atoms with Gasteiger partial charge in [0.1, 0.15) is 17.7 Å².